The molecule has 192 valence electrons. The van der Waals surface area contributed by atoms with Crippen molar-refractivity contribution in [3.8, 4) is 5.75 Å². The molecule has 0 amide bonds. The molecular weight excluding hydrogens is 438 g/mol. The van der Waals surface area contributed by atoms with E-state index in [2.05, 4.69) is 11.9 Å². The first kappa shape index (κ1) is 27.1. The molecule has 0 spiro atoms. The first-order valence-corrected chi connectivity index (χ1v) is 13.7. The van der Waals surface area contributed by atoms with Crippen molar-refractivity contribution in [1.82, 2.24) is 4.98 Å². The highest BCUT2D eigenvalue weighted by molar-refractivity contribution is 5.84. The first-order chi connectivity index (χ1) is 17.2. The maximum absolute atomic E-state index is 12.3. The number of hydrogen-bond acceptors (Lipinski definition) is 4. The Morgan fingerprint density at radius 3 is 2.11 bits per heavy atom. The molecule has 0 saturated heterocycles. The van der Waals surface area contributed by atoms with E-state index in [1.807, 2.05) is 30.5 Å². The molecule has 1 aromatic carbocycles. The summed E-state index contributed by atoms with van der Waals surface area (Å²) in [5, 5.41) is 21.2. The highest BCUT2D eigenvalue weighted by Crippen LogP contribution is 2.38. The average molecular weight is 482 g/mol. The summed E-state index contributed by atoms with van der Waals surface area (Å²) in [5.74, 6) is -0.173. The molecule has 3 N–H and O–H groups in total. The van der Waals surface area contributed by atoms with Gasteiger partial charge in [0, 0.05) is 29.1 Å². The predicted octanol–water partition coefficient (Wildman–Crippen LogP) is 7.93. The molecule has 0 saturated carbocycles. The van der Waals surface area contributed by atoms with Gasteiger partial charge in [0.15, 0.2) is 5.76 Å². The number of rotatable bonds is 17. The number of aromatic amines is 1. The Bertz CT molecular complexity index is 1070. The van der Waals surface area contributed by atoms with Crippen LogP contribution in [0.5, 0.6) is 5.75 Å². The van der Waals surface area contributed by atoms with E-state index >= 15 is 0 Å². The van der Waals surface area contributed by atoms with Crippen LogP contribution < -0.4 is 5.43 Å². The highest BCUT2D eigenvalue weighted by atomic mass is 16.4. The third kappa shape index (κ3) is 7.99. The van der Waals surface area contributed by atoms with Crippen LogP contribution in [-0.4, -0.2) is 15.2 Å². The summed E-state index contributed by atoms with van der Waals surface area (Å²) >= 11 is 0. The minimum absolute atomic E-state index is 0.179. The van der Waals surface area contributed by atoms with Crippen LogP contribution in [-0.2, 0) is 6.61 Å². The van der Waals surface area contributed by atoms with Crippen LogP contribution in [0, 0.1) is 0 Å². The fourth-order valence-electron chi connectivity index (χ4n) is 5.05. The fourth-order valence-corrected chi connectivity index (χ4v) is 5.05. The molecule has 1 unspecified atom stereocenters. The Hall–Kier alpha value is -2.53. The maximum Gasteiger partial charge on any atom is 0.227 e. The first-order valence-electron chi connectivity index (χ1n) is 13.7. The molecule has 2 heterocycles. The highest BCUT2D eigenvalue weighted by Gasteiger charge is 2.25. The smallest absolute Gasteiger partial charge is 0.227 e. The molecule has 0 radical (unpaired) electrons. The summed E-state index contributed by atoms with van der Waals surface area (Å²) in [4.78, 5) is 15.6. The number of nitrogens with one attached hydrogen (secondary N) is 1. The second kappa shape index (κ2) is 14.8. The Morgan fingerprint density at radius 1 is 0.886 bits per heavy atom. The van der Waals surface area contributed by atoms with E-state index < -0.39 is 5.43 Å². The van der Waals surface area contributed by atoms with E-state index in [4.69, 9.17) is 4.42 Å². The summed E-state index contributed by atoms with van der Waals surface area (Å²) in [5.41, 5.74) is 1.51. The second-order valence-corrected chi connectivity index (χ2v) is 9.82. The number of hydrogen-bond donors (Lipinski definition) is 3. The SMILES string of the molecule is CCCCCCCCCCCCCCCC(c1oc(CO)cc(=O)c1O)c1c[nH]c2ccccc12. The van der Waals surface area contributed by atoms with Gasteiger partial charge in [-0.2, -0.15) is 0 Å². The third-order valence-electron chi connectivity index (χ3n) is 7.07. The monoisotopic (exact) mass is 481 g/mol. The number of H-pyrrole nitrogens is 1. The van der Waals surface area contributed by atoms with Crippen LogP contribution >= 0.6 is 0 Å². The van der Waals surface area contributed by atoms with Crippen molar-refractivity contribution in [1.29, 1.82) is 0 Å². The van der Waals surface area contributed by atoms with E-state index in [9.17, 15) is 15.0 Å². The fraction of sp³-hybridized carbons (Fsp3) is 0.567. The van der Waals surface area contributed by atoms with Gasteiger partial charge < -0.3 is 19.6 Å². The van der Waals surface area contributed by atoms with Gasteiger partial charge in [0.05, 0.1) is 0 Å². The van der Waals surface area contributed by atoms with Crippen LogP contribution in [0.25, 0.3) is 10.9 Å². The number of aliphatic hydroxyl groups is 1. The zero-order valence-electron chi connectivity index (χ0n) is 21.4. The number of aliphatic hydroxyl groups excluding tert-OH is 1. The third-order valence-corrected chi connectivity index (χ3v) is 7.07. The van der Waals surface area contributed by atoms with E-state index in [-0.39, 0.29) is 29.8 Å². The van der Waals surface area contributed by atoms with Crippen LogP contribution in [0.2, 0.25) is 0 Å². The lowest BCUT2D eigenvalue weighted by Gasteiger charge is -2.17. The van der Waals surface area contributed by atoms with Gasteiger partial charge >= 0.3 is 0 Å². The summed E-state index contributed by atoms with van der Waals surface area (Å²) < 4.78 is 5.82. The number of aromatic nitrogens is 1. The number of unbranched alkanes of at least 4 members (excludes halogenated alkanes) is 12. The van der Waals surface area contributed by atoms with Crippen molar-refractivity contribution in [3.63, 3.8) is 0 Å². The Balaban J connectivity index is 1.53. The van der Waals surface area contributed by atoms with E-state index in [1.165, 1.54) is 70.6 Å². The number of aromatic hydroxyl groups is 1. The minimum atomic E-state index is -0.509. The van der Waals surface area contributed by atoms with E-state index in [1.54, 1.807) is 0 Å². The van der Waals surface area contributed by atoms with Crippen molar-refractivity contribution >= 4 is 10.9 Å². The maximum atomic E-state index is 12.3. The van der Waals surface area contributed by atoms with Crippen LogP contribution in [0.3, 0.4) is 0 Å². The number of fused-ring (bicyclic) bond motifs is 1. The Labute approximate surface area is 209 Å². The zero-order chi connectivity index (χ0) is 24.9. The quantitative estimate of drug-likeness (QED) is 0.171. The number of para-hydroxylation sites is 1. The van der Waals surface area contributed by atoms with Gasteiger partial charge in [0.2, 0.25) is 11.2 Å². The molecular formula is C30H43NO4. The summed E-state index contributed by atoms with van der Waals surface area (Å²) in [7, 11) is 0. The zero-order valence-corrected chi connectivity index (χ0v) is 21.4. The number of benzene rings is 1. The lowest BCUT2D eigenvalue weighted by atomic mass is 9.89. The molecule has 0 aliphatic rings. The van der Waals surface area contributed by atoms with Crippen molar-refractivity contribution in [3.05, 3.63) is 63.8 Å². The molecule has 3 rings (SSSR count). The Kier molecular flexibility index (Phi) is 11.4. The summed E-state index contributed by atoms with van der Waals surface area (Å²) in [6, 6.07) is 9.19. The van der Waals surface area contributed by atoms with Gasteiger partial charge in [-0.05, 0) is 18.1 Å². The normalized spacial score (nSPS) is 12.4. The molecule has 5 heteroatoms. The van der Waals surface area contributed by atoms with E-state index in [0.29, 0.717) is 0 Å². The van der Waals surface area contributed by atoms with Crippen LogP contribution in [0.15, 0.2) is 45.7 Å². The van der Waals surface area contributed by atoms with Crippen LogP contribution in [0.4, 0.5) is 0 Å². The molecule has 0 fully saturated rings. The largest absolute Gasteiger partial charge is 0.502 e. The standard InChI is InChI=1S/C30H43NO4/c1-2-3-4-5-6-7-8-9-10-11-12-13-14-18-25(26-21-31-27-19-16-15-17-24(26)27)30-29(34)28(33)20-23(22-32)35-30/h15-17,19-21,25,31-32,34H,2-14,18,22H2,1H3. The molecule has 2 aromatic heterocycles. The summed E-state index contributed by atoms with van der Waals surface area (Å²) in [6.45, 7) is 1.89. The molecule has 0 aliphatic heterocycles. The molecule has 0 aliphatic carbocycles. The van der Waals surface area contributed by atoms with Gasteiger partial charge in [0.1, 0.15) is 12.4 Å². The van der Waals surface area contributed by atoms with Crippen molar-refractivity contribution < 1.29 is 14.6 Å². The van der Waals surface area contributed by atoms with Gasteiger partial charge in [-0.25, -0.2) is 0 Å². The van der Waals surface area contributed by atoms with Gasteiger partial charge in [0.25, 0.3) is 0 Å². The van der Waals surface area contributed by atoms with Crippen molar-refractivity contribution in [2.24, 2.45) is 0 Å². The average Bonchev–Trinajstić information content (AvgIpc) is 3.30. The van der Waals surface area contributed by atoms with Crippen molar-refractivity contribution in [2.75, 3.05) is 0 Å². The lowest BCUT2D eigenvalue weighted by molar-refractivity contribution is 0.232. The molecule has 0 bridgehead atoms. The van der Waals surface area contributed by atoms with Gasteiger partial charge in [-0.15, -0.1) is 0 Å². The van der Waals surface area contributed by atoms with Crippen LogP contribution in [0.1, 0.15) is 120 Å². The topological polar surface area (TPSA) is 86.5 Å². The summed E-state index contributed by atoms with van der Waals surface area (Å²) in [6.07, 6.45) is 19.5. The molecule has 1 atom stereocenters. The van der Waals surface area contributed by atoms with Gasteiger partial charge in [-0.1, -0.05) is 109 Å². The second-order valence-electron chi connectivity index (χ2n) is 9.82. The van der Waals surface area contributed by atoms with E-state index in [0.717, 1.165) is 41.8 Å². The van der Waals surface area contributed by atoms with Gasteiger partial charge in [-0.3, -0.25) is 4.79 Å². The lowest BCUT2D eigenvalue weighted by Crippen LogP contribution is -2.10. The minimum Gasteiger partial charge on any atom is -0.502 e. The van der Waals surface area contributed by atoms with Crippen molar-refractivity contribution in [2.45, 2.75) is 109 Å². The molecule has 5 nitrogen and oxygen atoms in total. The molecule has 35 heavy (non-hydrogen) atoms. The predicted molar refractivity (Wildman–Crippen MR) is 143 cm³/mol. The molecule has 3 aromatic rings. The Morgan fingerprint density at radius 2 is 1.49 bits per heavy atom.